The Morgan fingerprint density at radius 2 is 2.00 bits per heavy atom. The van der Waals surface area contributed by atoms with Crippen LogP contribution in [0, 0.1) is 0 Å². The second-order valence-corrected chi connectivity index (χ2v) is 4.67. The van der Waals surface area contributed by atoms with Crippen LogP contribution >= 0.6 is 23.8 Å². The molecule has 7 heteroatoms. The summed E-state index contributed by atoms with van der Waals surface area (Å²) in [4.78, 5) is 23.1. The van der Waals surface area contributed by atoms with E-state index in [2.05, 4.69) is 10.2 Å². The van der Waals surface area contributed by atoms with Crippen LogP contribution in [0.1, 0.15) is 15.9 Å². The SMILES string of the molecule is COC(=O)C(=S)c1ccc(C(=O)NN(C)C)c(Cl)c1. The lowest BCUT2D eigenvalue weighted by Gasteiger charge is -2.13. The van der Waals surface area contributed by atoms with E-state index < -0.39 is 5.97 Å². The van der Waals surface area contributed by atoms with Crippen molar-refractivity contribution in [1.29, 1.82) is 0 Å². The highest BCUT2D eigenvalue weighted by Crippen LogP contribution is 2.19. The molecule has 0 aliphatic heterocycles. The van der Waals surface area contributed by atoms with E-state index in [9.17, 15) is 9.59 Å². The van der Waals surface area contributed by atoms with Gasteiger partial charge >= 0.3 is 5.97 Å². The van der Waals surface area contributed by atoms with E-state index in [1.807, 2.05) is 0 Å². The molecule has 0 heterocycles. The fourth-order valence-corrected chi connectivity index (χ4v) is 1.79. The first-order chi connectivity index (χ1) is 8.86. The molecular weight excluding hydrogens is 288 g/mol. The maximum Gasteiger partial charge on any atom is 0.349 e. The van der Waals surface area contributed by atoms with Gasteiger partial charge in [0.15, 0.2) is 0 Å². The van der Waals surface area contributed by atoms with Gasteiger partial charge in [0.1, 0.15) is 4.86 Å². The molecule has 102 valence electrons. The van der Waals surface area contributed by atoms with E-state index in [0.29, 0.717) is 11.1 Å². The Balaban J connectivity index is 3.01. The third-order valence-corrected chi connectivity index (χ3v) is 2.89. The molecule has 19 heavy (non-hydrogen) atoms. The van der Waals surface area contributed by atoms with Crippen molar-refractivity contribution in [3.63, 3.8) is 0 Å². The third kappa shape index (κ3) is 3.99. The van der Waals surface area contributed by atoms with Crippen LogP contribution in [0.15, 0.2) is 18.2 Å². The van der Waals surface area contributed by atoms with Gasteiger partial charge in [-0.2, -0.15) is 0 Å². The number of nitrogens with zero attached hydrogens (tertiary/aromatic N) is 1. The Kier molecular flexibility index (Phi) is 5.41. The van der Waals surface area contributed by atoms with Crippen LogP contribution in [0.2, 0.25) is 5.02 Å². The standard InChI is InChI=1S/C12H13ClN2O3S/c1-15(2)14-11(16)8-5-4-7(6-9(8)13)10(19)12(17)18-3/h4-6H,1-3H3,(H,14,16). The highest BCUT2D eigenvalue weighted by molar-refractivity contribution is 7.82. The van der Waals surface area contributed by atoms with Gasteiger partial charge in [-0.05, 0) is 12.1 Å². The topological polar surface area (TPSA) is 58.6 Å². The number of thiocarbonyl (C=S) groups is 1. The predicted molar refractivity (Wildman–Crippen MR) is 76.3 cm³/mol. The van der Waals surface area contributed by atoms with Crippen LogP contribution in [-0.4, -0.2) is 43.0 Å². The van der Waals surface area contributed by atoms with Crippen molar-refractivity contribution < 1.29 is 14.3 Å². The van der Waals surface area contributed by atoms with Gasteiger partial charge in [-0.25, -0.2) is 9.80 Å². The van der Waals surface area contributed by atoms with Gasteiger partial charge < -0.3 is 4.74 Å². The summed E-state index contributed by atoms with van der Waals surface area (Å²) in [5.74, 6) is -0.956. The first kappa shape index (κ1) is 15.6. The van der Waals surface area contributed by atoms with Crippen molar-refractivity contribution >= 4 is 40.6 Å². The second-order valence-electron chi connectivity index (χ2n) is 3.85. The molecule has 1 amide bonds. The number of nitrogens with one attached hydrogen (secondary N) is 1. The van der Waals surface area contributed by atoms with Crippen LogP contribution in [0.5, 0.6) is 0 Å². The summed E-state index contributed by atoms with van der Waals surface area (Å²) in [7, 11) is 4.62. The number of amides is 1. The Hall–Kier alpha value is -1.50. The van der Waals surface area contributed by atoms with Crippen LogP contribution in [0.3, 0.4) is 0 Å². The minimum atomic E-state index is -0.614. The van der Waals surface area contributed by atoms with Crippen LogP contribution in [0.4, 0.5) is 0 Å². The summed E-state index contributed by atoms with van der Waals surface area (Å²) in [5, 5.41) is 1.72. The predicted octanol–water partition coefficient (Wildman–Crippen LogP) is 1.44. The summed E-state index contributed by atoms with van der Waals surface area (Å²) >= 11 is 10.9. The molecule has 1 aromatic rings. The molecule has 5 nitrogen and oxygen atoms in total. The molecule has 0 aliphatic rings. The van der Waals surface area contributed by atoms with E-state index in [0.717, 1.165) is 0 Å². The lowest BCUT2D eigenvalue weighted by Crippen LogP contribution is -2.36. The number of carbonyl (C=O) groups excluding carboxylic acids is 2. The number of esters is 1. The number of hydrazine groups is 1. The van der Waals surface area contributed by atoms with Gasteiger partial charge in [-0.15, -0.1) is 0 Å². The van der Waals surface area contributed by atoms with Gasteiger partial charge in [-0.3, -0.25) is 10.2 Å². The number of rotatable bonds is 4. The number of hydrogen-bond donors (Lipinski definition) is 1. The Bertz CT molecular complexity index is 532. The number of halogens is 1. The number of ether oxygens (including phenoxy) is 1. The van der Waals surface area contributed by atoms with Crippen LogP contribution < -0.4 is 5.43 Å². The lowest BCUT2D eigenvalue weighted by molar-refractivity contribution is -0.132. The quantitative estimate of drug-likeness (QED) is 0.395. The van der Waals surface area contributed by atoms with Gasteiger partial charge in [0.25, 0.3) is 5.91 Å². The molecule has 0 unspecified atom stereocenters. The molecule has 1 aromatic carbocycles. The fourth-order valence-electron chi connectivity index (χ4n) is 1.31. The number of carbonyl (C=O) groups is 2. The summed E-state index contributed by atoms with van der Waals surface area (Å²) in [6, 6.07) is 4.52. The van der Waals surface area contributed by atoms with Crippen molar-refractivity contribution in [2.75, 3.05) is 21.2 Å². The van der Waals surface area contributed by atoms with Gasteiger partial charge in [0, 0.05) is 19.7 Å². The maximum absolute atomic E-state index is 11.8. The largest absolute Gasteiger partial charge is 0.465 e. The molecule has 0 saturated carbocycles. The molecule has 0 radical (unpaired) electrons. The van der Waals surface area contributed by atoms with Gasteiger partial charge in [-0.1, -0.05) is 29.9 Å². The van der Waals surface area contributed by atoms with Crippen LogP contribution in [-0.2, 0) is 9.53 Å². The summed E-state index contributed by atoms with van der Waals surface area (Å²) < 4.78 is 4.53. The van der Waals surface area contributed by atoms with Crippen molar-refractivity contribution in [3.8, 4) is 0 Å². The Morgan fingerprint density at radius 1 is 1.37 bits per heavy atom. The zero-order valence-electron chi connectivity index (χ0n) is 10.7. The van der Waals surface area contributed by atoms with Gasteiger partial charge in [0.05, 0.1) is 17.7 Å². The summed E-state index contributed by atoms with van der Waals surface area (Å²) in [6.45, 7) is 0. The molecule has 1 rings (SSSR count). The average molecular weight is 301 g/mol. The highest BCUT2D eigenvalue weighted by atomic mass is 35.5. The number of benzene rings is 1. The van der Waals surface area contributed by atoms with Crippen molar-refractivity contribution in [2.45, 2.75) is 0 Å². The molecule has 0 aliphatic carbocycles. The lowest BCUT2D eigenvalue weighted by atomic mass is 10.1. The maximum atomic E-state index is 11.8. The minimum Gasteiger partial charge on any atom is -0.465 e. The van der Waals surface area contributed by atoms with E-state index in [-0.39, 0.29) is 15.8 Å². The molecule has 0 aromatic heterocycles. The number of hydrogen-bond acceptors (Lipinski definition) is 5. The summed E-state index contributed by atoms with van der Waals surface area (Å²) in [6.07, 6.45) is 0. The third-order valence-electron chi connectivity index (χ3n) is 2.17. The first-order valence-electron chi connectivity index (χ1n) is 5.27. The van der Waals surface area contributed by atoms with E-state index in [1.165, 1.54) is 24.3 Å². The molecule has 0 bridgehead atoms. The summed E-state index contributed by atoms with van der Waals surface area (Å²) in [5.41, 5.74) is 3.30. The van der Waals surface area contributed by atoms with E-state index >= 15 is 0 Å². The normalized spacial score (nSPS) is 10.2. The second kappa shape index (κ2) is 6.60. The van der Waals surface area contributed by atoms with E-state index in [4.69, 9.17) is 23.8 Å². The zero-order valence-corrected chi connectivity index (χ0v) is 12.3. The zero-order chi connectivity index (χ0) is 14.6. The monoisotopic (exact) mass is 300 g/mol. The molecule has 1 N–H and O–H groups in total. The Morgan fingerprint density at radius 3 is 2.47 bits per heavy atom. The minimum absolute atomic E-state index is 0.0176. The van der Waals surface area contributed by atoms with Crippen molar-refractivity contribution in [2.24, 2.45) is 0 Å². The van der Waals surface area contributed by atoms with Crippen molar-refractivity contribution in [1.82, 2.24) is 10.4 Å². The molecule has 0 fully saturated rings. The van der Waals surface area contributed by atoms with E-state index in [1.54, 1.807) is 20.2 Å². The van der Waals surface area contributed by atoms with Crippen molar-refractivity contribution in [3.05, 3.63) is 34.3 Å². The Labute approximate surface area is 121 Å². The highest BCUT2D eigenvalue weighted by Gasteiger charge is 2.16. The smallest absolute Gasteiger partial charge is 0.349 e. The fraction of sp³-hybridized carbons (Fsp3) is 0.250. The first-order valence-corrected chi connectivity index (χ1v) is 6.06. The average Bonchev–Trinajstić information content (AvgIpc) is 2.35. The molecule has 0 spiro atoms. The van der Waals surface area contributed by atoms with Gasteiger partial charge in [0.2, 0.25) is 0 Å². The van der Waals surface area contributed by atoms with Crippen LogP contribution in [0.25, 0.3) is 0 Å². The number of methoxy groups -OCH3 is 1. The molecular formula is C12H13ClN2O3S. The molecule has 0 saturated heterocycles. The molecule has 0 atom stereocenters.